The van der Waals surface area contributed by atoms with Crippen molar-refractivity contribution >= 4 is 46.6 Å². The molecule has 8 heteroatoms. The van der Waals surface area contributed by atoms with Crippen LogP contribution in [0.1, 0.15) is 61.7 Å². The van der Waals surface area contributed by atoms with E-state index in [1.54, 1.807) is 0 Å². The van der Waals surface area contributed by atoms with Crippen molar-refractivity contribution in [1.29, 1.82) is 0 Å². The molecule has 7 nitrogen and oxygen atoms in total. The third-order valence-corrected chi connectivity index (χ3v) is 9.41. The SMILES string of the molecule is CO.CO.Cc1cc(C)c(-c2c3[n-][c+]([c+]4[n-]c(c(-c5c(C)cc(C)cc5C)c5ccc([n-]5)n(Cc5ccccc5)c5ccc2[n-]5)C=C4)C=C3)c(C)c1.[Zn+2]. The minimum absolute atomic E-state index is 0. The van der Waals surface area contributed by atoms with Crippen LogP contribution in [-0.2, 0) is 26.0 Å². The van der Waals surface area contributed by atoms with Crippen LogP contribution in [0.25, 0.3) is 68.9 Å². The second-order valence-electron chi connectivity index (χ2n) is 13.2. The van der Waals surface area contributed by atoms with E-state index in [-0.39, 0.29) is 19.5 Å². The maximum atomic E-state index is 7.00. The van der Waals surface area contributed by atoms with E-state index in [2.05, 4.69) is 149 Å². The van der Waals surface area contributed by atoms with E-state index in [4.69, 9.17) is 30.1 Å². The molecule has 0 unspecified atom stereocenters. The summed E-state index contributed by atoms with van der Waals surface area (Å²) in [4.78, 5) is 21.1. The maximum absolute atomic E-state index is 7.00. The van der Waals surface area contributed by atoms with E-state index < -0.39 is 0 Å². The smallest absolute Gasteiger partial charge is 0.542 e. The number of benzene rings is 3. The molecule has 0 fully saturated rings. The molecule has 3 aromatic heterocycles. The van der Waals surface area contributed by atoms with Gasteiger partial charge in [-0.05, 0) is 98.1 Å². The van der Waals surface area contributed by atoms with Crippen molar-refractivity contribution < 1.29 is 29.7 Å². The fourth-order valence-corrected chi connectivity index (χ4v) is 7.54. The molecule has 8 bridgehead atoms. The van der Waals surface area contributed by atoms with Gasteiger partial charge in [0.2, 0.25) is 0 Å². The molecule has 0 amide bonds. The molecule has 0 spiro atoms. The molecule has 264 valence electrons. The standard InChI is InChI=1S/C43H37N5.2CH4O.Zn/c1-25-20-27(3)40(28(4)21-25)42-34-14-12-32(44-34)33-13-15-35(45-33)43(41-29(5)22-26(2)23-30(41)6)37-17-19-39(47-37)48(38-18-16-36(42)46-38)24-31-10-8-7-9-11-31;2*1-2;/h7-23H,24H2,1-6H3;2*2H,1H3;/q-2;;;+2. The van der Waals surface area contributed by atoms with Gasteiger partial charge in [-0.15, -0.1) is 0 Å². The van der Waals surface area contributed by atoms with Gasteiger partial charge in [0.25, 0.3) is 0 Å². The van der Waals surface area contributed by atoms with E-state index in [1.807, 2.05) is 0 Å². The summed E-state index contributed by atoms with van der Waals surface area (Å²) in [7, 11) is 2.00. The fraction of sp³-hybridized carbons (Fsp3) is 0.200. The van der Waals surface area contributed by atoms with Crippen LogP contribution in [0, 0.1) is 41.5 Å². The Morgan fingerprint density at radius 2 is 0.925 bits per heavy atom. The van der Waals surface area contributed by atoms with Crippen molar-refractivity contribution in [3.8, 4) is 22.3 Å². The predicted molar refractivity (Wildman–Crippen MR) is 216 cm³/mol. The first kappa shape index (κ1) is 39.1. The van der Waals surface area contributed by atoms with Gasteiger partial charge in [-0.1, -0.05) is 101 Å². The van der Waals surface area contributed by atoms with Crippen LogP contribution in [0.2, 0.25) is 0 Å². The van der Waals surface area contributed by atoms with Crippen molar-refractivity contribution in [1.82, 2.24) is 24.5 Å². The van der Waals surface area contributed by atoms with Crippen LogP contribution in [0.4, 0.5) is 0 Å². The van der Waals surface area contributed by atoms with Gasteiger partial charge in [-0.25, -0.2) is 0 Å². The van der Waals surface area contributed by atoms with Gasteiger partial charge in [0.1, 0.15) is 0 Å². The minimum Gasteiger partial charge on any atom is -0.542 e. The number of fused-ring (bicyclic) bond motifs is 9. The van der Waals surface area contributed by atoms with E-state index in [0.29, 0.717) is 6.54 Å². The van der Waals surface area contributed by atoms with E-state index in [1.165, 1.54) is 50.1 Å². The number of aliphatic hydroxyl groups is 2. The van der Waals surface area contributed by atoms with Crippen molar-refractivity contribution in [2.75, 3.05) is 14.2 Å². The van der Waals surface area contributed by atoms with Gasteiger partial charge in [-0.2, -0.15) is 0 Å². The van der Waals surface area contributed by atoms with E-state index in [9.17, 15) is 0 Å². The number of nitrogens with zero attached hydrogens (tertiary/aromatic N) is 5. The second-order valence-corrected chi connectivity index (χ2v) is 13.2. The zero-order chi connectivity index (χ0) is 37.1. The van der Waals surface area contributed by atoms with Crippen molar-refractivity contribution in [3.05, 3.63) is 141 Å². The molecule has 0 aliphatic carbocycles. The van der Waals surface area contributed by atoms with Crippen LogP contribution in [-0.4, -0.2) is 29.0 Å². The Morgan fingerprint density at radius 3 is 1.32 bits per heavy atom. The molecule has 53 heavy (non-hydrogen) atoms. The van der Waals surface area contributed by atoms with Crippen molar-refractivity contribution in [2.24, 2.45) is 0 Å². The molecule has 0 atom stereocenters. The third kappa shape index (κ3) is 7.67. The number of aromatic nitrogens is 5. The zero-order valence-electron chi connectivity index (χ0n) is 31.9. The Kier molecular flexibility index (Phi) is 12.3. The molecule has 0 saturated heterocycles. The molecular formula is C45H45N5O2Zn. The Labute approximate surface area is 324 Å². The number of aliphatic hydroxyl groups excluding tert-OH is 2. The summed E-state index contributed by atoms with van der Waals surface area (Å²) in [6.45, 7) is 13.6. The van der Waals surface area contributed by atoms with E-state index in [0.717, 1.165) is 70.4 Å². The second kappa shape index (κ2) is 16.7. The molecule has 2 aliphatic rings. The van der Waals surface area contributed by atoms with Gasteiger partial charge < -0.3 is 34.7 Å². The Hall–Kier alpha value is -5.14. The number of rotatable bonds is 4. The topological polar surface area (TPSA) is 102 Å². The monoisotopic (exact) mass is 751 g/mol. The van der Waals surface area contributed by atoms with Gasteiger partial charge in [-0.3, -0.25) is 0 Å². The average molecular weight is 753 g/mol. The summed E-state index contributed by atoms with van der Waals surface area (Å²) in [5, 5.41) is 14.0. The Bertz CT molecular complexity index is 2300. The molecule has 8 rings (SSSR count). The quantitative estimate of drug-likeness (QED) is 0.138. The fourth-order valence-electron chi connectivity index (χ4n) is 7.54. The number of hydrogen-bond donors (Lipinski definition) is 2. The van der Waals surface area contributed by atoms with Gasteiger partial charge in [0, 0.05) is 48.1 Å². The molecule has 0 saturated carbocycles. The summed E-state index contributed by atoms with van der Waals surface area (Å²) in [6.07, 6.45) is 8.39. The summed E-state index contributed by atoms with van der Waals surface area (Å²) < 4.78 is 2.22. The first-order valence-electron chi connectivity index (χ1n) is 17.4. The number of hydrogen-bond acceptors (Lipinski definition) is 2. The molecule has 3 aromatic carbocycles. The molecule has 2 aliphatic heterocycles. The number of aryl methyl sites for hydroxylation is 6. The van der Waals surface area contributed by atoms with Crippen LogP contribution < -0.4 is 19.9 Å². The minimum atomic E-state index is 0. The summed E-state index contributed by atoms with van der Waals surface area (Å²) in [5.41, 5.74) is 19.8. The Morgan fingerprint density at radius 1 is 0.528 bits per heavy atom. The van der Waals surface area contributed by atoms with Gasteiger partial charge >= 0.3 is 19.5 Å². The van der Waals surface area contributed by atoms with Gasteiger partial charge in [0.15, 0.2) is 0 Å². The molecule has 2 N–H and O–H groups in total. The summed E-state index contributed by atoms with van der Waals surface area (Å²) in [6, 6.07) is 28.0. The summed E-state index contributed by atoms with van der Waals surface area (Å²) in [5.74, 6) is 0. The molecule has 0 radical (unpaired) electrons. The average Bonchev–Trinajstić information content (AvgIpc) is 3.97. The van der Waals surface area contributed by atoms with Crippen LogP contribution in [0.3, 0.4) is 0 Å². The summed E-state index contributed by atoms with van der Waals surface area (Å²) >= 11 is 0. The third-order valence-electron chi connectivity index (χ3n) is 9.41. The van der Waals surface area contributed by atoms with Gasteiger partial charge in [0.05, 0.1) is 24.3 Å². The zero-order valence-corrected chi connectivity index (χ0v) is 34.8. The van der Waals surface area contributed by atoms with Crippen molar-refractivity contribution in [3.63, 3.8) is 0 Å². The Balaban J connectivity index is 0.00000105. The molecule has 5 heterocycles. The molecular weight excluding hydrogens is 708 g/mol. The van der Waals surface area contributed by atoms with Crippen LogP contribution in [0.15, 0.2) is 78.9 Å². The maximum Gasteiger partial charge on any atom is 2.00 e. The van der Waals surface area contributed by atoms with E-state index >= 15 is 0 Å². The van der Waals surface area contributed by atoms with Crippen molar-refractivity contribution in [2.45, 2.75) is 48.1 Å². The van der Waals surface area contributed by atoms with Crippen LogP contribution >= 0.6 is 0 Å². The first-order chi connectivity index (χ1) is 25.2. The normalized spacial score (nSPS) is 11.4. The molecule has 6 aromatic rings. The predicted octanol–water partition coefficient (Wildman–Crippen LogP) is 8.85. The largest absolute Gasteiger partial charge is 2.00 e. The first-order valence-corrected chi connectivity index (χ1v) is 17.4. The van der Waals surface area contributed by atoms with Crippen LogP contribution in [0.5, 0.6) is 0 Å².